The average molecular weight is 251 g/mol. The first kappa shape index (κ1) is 14.0. The Morgan fingerprint density at radius 3 is 2.50 bits per heavy atom. The van der Waals surface area contributed by atoms with Crippen LogP contribution in [0.4, 0.5) is 10.5 Å². The minimum atomic E-state index is -0.671. The number of carbonyl (C=O) groups is 2. The lowest BCUT2D eigenvalue weighted by Gasteiger charge is -2.20. The SMILES string of the molecule is Cc1cc(O)c(C=O)c(NC(=O)OC(C)(C)C)c1. The first-order chi connectivity index (χ1) is 8.23. The fourth-order valence-electron chi connectivity index (χ4n) is 1.42. The van der Waals surface area contributed by atoms with Crippen LogP contribution in [0.5, 0.6) is 5.75 Å². The Morgan fingerprint density at radius 1 is 1.39 bits per heavy atom. The summed E-state index contributed by atoms with van der Waals surface area (Å²) in [6.07, 6.45) is -0.183. The zero-order valence-corrected chi connectivity index (χ0v) is 10.9. The van der Waals surface area contributed by atoms with Crippen molar-refractivity contribution in [3.05, 3.63) is 23.3 Å². The van der Waals surface area contributed by atoms with Crippen LogP contribution in [0.15, 0.2) is 12.1 Å². The summed E-state index contributed by atoms with van der Waals surface area (Å²) in [5, 5.41) is 12.0. The predicted octanol–water partition coefficient (Wildman–Crippen LogP) is 2.86. The van der Waals surface area contributed by atoms with Gasteiger partial charge >= 0.3 is 6.09 Å². The number of benzene rings is 1. The molecule has 0 atom stereocenters. The molecule has 1 rings (SSSR count). The van der Waals surface area contributed by atoms with E-state index in [9.17, 15) is 14.7 Å². The second-order valence-electron chi connectivity index (χ2n) is 4.99. The lowest BCUT2D eigenvalue weighted by Crippen LogP contribution is -2.27. The first-order valence-corrected chi connectivity index (χ1v) is 5.52. The van der Waals surface area contributed by atoms with Crippen LogP contribution in [-0.2, 0) is 4.74 Å². The van der Waals surface area contributed by atoms with Crippen LogP contribution in [0, 0.1) is 6.92 Å². The van der Waals surface area contributed by atoms with E-state index in [0.717, 1.165) is 5.56 Å². The summed E-state index contributed by atoms with van der Waals surface area (Å²) < 4.78 is 5.07. The highest BCUT2D eigenvalue weighted by Crippen LogP contribution is 2.26. The number of carbonyl (C=O) groups excluding carboxylic acids is 2. The second kappa shape index (κ2) is 5.08. The van der Waals surface area contributed by atoms with Crippen molar-refractivity contribution in [1.82, 2.24) is 0 Å². The van der Waals surface area contributed by atoms with E-state index in [1.807, 2.05) is 0 Å². The molecule has 0 fully saturated rings. The summed E-state index contributed by atoms with van der Waals surface area (Å²) in [4.78, 5) is 22.5. The van der Waals surface area contributed by atoms with Gasteiger partial charge in [-0.3, -0.25) is 10.1 Å². The van der Waals surface area contributed by atoms with Crippen LogP contribution < -0.4 is 5.32 Å². The van der Waals surface area contributed by atoms with E-state index in [1.54, 1.807) is 33.8 Å². The summed E-state index contributed by atoms with van der Waals surface area (Å²) in [5.74, 6) is -0.170. The van der Waals surface area contributed by atoms with Crippen molar-refractivity contribution in [3.8, 4) is 5.75 Å². The molecule has 0 aliphatic rings. The maximum Gasteiger partial charge on any atom is 0.412 e. The number of aromatic hydroxyl groups is 1. The fraction of sp³-hybridized carbons (Fsp3) is 0.385. The molecule has 2 N–H and O–H groups in total. The molecule has 0 radical (unpaired) electrons. The number of anilines is 1. The number of aldehydes is 1. The number of rotatable bonds is 2. The molecule has 1 aromatic carbocycles. The molecule has 5 heteroatoms. The van der Waals surface area contributed by atoms with Gasteiger partial charge in [0.05, 0.1) is 11.3 Å². The van der Waals surface area contributed by atoms with Gasteiger partial charge in [-0.15, -0.1) is 0 Å². The molecule has 5 nitrogen and oxygen atoms in total. The topological polar surface area (TPSA) is 75.6 Å². The molecule has 0 bridgehead atoms. The van der Waals surface area contributed by atoms with Gasteiger partial charge in [0.2, 0.25) is 0 Å². The largest absolute Gasteiger partial charge is 0.507 e. The van der Waals surface area contributed by atoms with Crippen molar-refractivity contribution in [2.75, 3.05) is 5.32 Å². The normalized spacial score (nSPS) is 10.9. The third-order valence-electron chi connectivity index (χ3n) is 2.06. The number of ether oxygens (including phenoxy) is 1. The molecule has 0 saturated carbocycles. The summed E-state index contributed by atoms with van der Waals surface area (Å²) in [7, 11) is 0. The molecule has 0 unspecified atom stereocenters. The minimum absolute atomic E-state index is 0.0338. The molecule has 1 amide bonds. The molecular weight excluding hydrogens is 234 g/mol. The smallest absolute Gasteiger partial charge is 0.412 e. The van der Waals surface area contributed by atoms with Crippen molar-refractivity contribution < 1.29 is 19.4 Å². The van der Waals surface area contributed by atoms with Crippen molar-refractivity contribution in [2.24, 2.45) is 0 Å². The molecule has 18 heavy (non-hydrogen) atoms. The van der Waals surface area contributed by atoms with Crippen molar-refractivity contribution in [1.29, 1.82) is 0 Å². The third kappa shape index (κ3) is 3.76. The molecule has 98 valence electrons. The quantitative estimate of drug-likeness (QED) is 0.792. The van der Waals surface area contributed by atoms with Crippen LogP contribution in [0.25, 0.3) is 0 Å². The third-order valence-corrected chi connectivity index (χ3v) is 2.06. The highest BCUT2D eigenvalue weighted by Gasteiger charge is 2.18. The van der Waals surface area contributed by atoms with Gasteiger partial charge in [-0.25, -0.2) is 4.79 Å². The highest BCUT2D eigenvalue weighted by molar-refractivity contribution is 5.95. The van der Waals surface area contributed by atoms with Crippen LogP contribution in [0.1, 0.15) is 36.7 Å². The Balaban J connectivity index is 2.97. The lowest BCUT2D eigenvalue weighted by molar-refractivity contribution is 0.0636. The molecular formula is C13H17NO4. The Bertz CT molecular complexity index is 475. The second-order valence-corrected chi connectivity index (χ2v) is 4.99. The van der Waals surface area contributed by atoms with E-state index in [-0.39, 0.29) is 17.0 Å². The Kier molecular flexibility index (Phi) is 3.96. The van der Waals surface area contributed by atoms with E-state index in [2.05, 4.69) is 5.32 Å². The van der Waals surface area contributed by atoms with Crippen LogP contribution in [0.3, 0.4) is 0 Å². The van der Waals surface area contributed by atoms with Gasteiger partial charge in [-0.1, -0.05) is 0 Å². The van der Waals surface area contributed by atoms with Crippen LogP contribution >= 0.6 is 0 Å². The van der Waals surface area contributed by atoms with Gasteiger partial charge < -0.3 is 9.84 Å². The van der Waals surface area contributed by atoms with Gasteiger partial charge in [0.1, 0.15) is 11.4 Å². The Hall–Kier alpha value is -2.04. The predicted molar refractivity (Wildman–Crippen MR) is 68.1 cm³/mol. The number of amides is 1. The zero-order chi connectivity index (χ0) is 13.9. The number of nitrogens with one attached hydrogen (secondary N) is 1. The van der Waals surface area contributed by atoms with Crippen molar-refractivity contribution in [2.45, 2.75) is 33.3 Å². The van der Waals surface area contributed by atoms with Gasteiger partial charge in [-0.2, -0.15) is 0 Å². The Morgan fingerprint density at radius 2 is 2.00 bits per heavy atom. The number of phenols is 1. The number of hydrogen-bond acceptors (Lipinski definition) is 4. The van der Waals surface area contributed by atoms with Crippen LogP contribution in [-0.4, -0.2) is 23.1 Å². The van der Waals surface area contributed by atoms with Gasteiger partial charge in [0, 0.05) is 0 Å². The molecule has 0 aliphatic heterocycles. The molecule has 1 aromatic rings. The van der Waals surface area contributed by atoms with Gasteiger partial charge in [-0.05, 0) is 45.4 Å². The molecule has 0 spiro atoms. The van der Waals surface area contributed by atoms with Gasteiger partial charge in [0.15, 0.2) is 6.29 Å². The zero-order valence-electron chi connectivity index (χ0n) is 10.9. The number of hydrogen-bond donors (Lipinski definition) is 2. The highest BCUT2D eigenvalue weighted by atomic mass is 16.6. The molecule has 0 aliphatic carbocycles. The fourth-order valence-corrected chi connectivity index (χ4v) is 1.42. The maximum absolute atomic E-state index is 11.6. The van der Waals surface area contributed by atoms with E-state index in [0.29, 0.717) is 6.29 Å². The van der Waals surface area contributed by atoms with Gasteiger partial charge in [0.25, 0.3) is 0 Å². The summed E-state index contributed by atoms with van der Waals surface area (Å²) in [5.41, 5.74) is 0.365. The van der Waals surface area contributed by atoms with Crippen LogP contribution in [0.2, 0.25) is 0 Å². The minimum Gasteiger partial charge on any atom is -0.507 e. The number of phenolic OH excluding ortho intramolecular Hbond substituents is 1. The maximum atomic E-state index is 11.6. The van der Waals surface area contributed by atoms with E-state index in [1.165, 1.54) is 6.07 Å². The summed E-state index contributed by atoms with van der Waals surface area (Å²) in [6, 6.07) is 3.04. The average Bonchev–Trinajstić information content (AvgIpc) is 2.13. The summed E-state index contributed by atoms with van der Waals surface area (Å²) in [6.45, 7) is 6.96. The van der Waals surface area contributed by atoms with Crippen molar-refractivity contribution in [3.63, 3.8) is 0 Å². The molecule has 0 aromatic heterocycles. The molecule has 0 heterocycles. The lowest BCUT2D eigenvalue weighted by atomic mass is 10.1. The van der Waals surface area contributed by atoms with E-state index < -0.39 is 11.7 Å². The Labute approximate surface area is 106 Å². The summed E-state index contributed by atoms with van der Waals surface area (Å²) >= 11 is 0. The standard InChI is InChI=1S/C13H17NO4/c1-8-5-10(9(7-15)11(16)6-8)14-12(17)18-13(2,3)4/h5-7,16H,1-4H3,(H,14,17). The molecule has 0 saturated heterocycles. The van der Waals surface area contributed by atoms with E-state index in [4.69, 9.17) is 4.74 Å². The first-order valence-electron chi connectivity index (χ1n) is 5.52. The van der Waals surface area contributed by atoms with Crippen molar-refractivity contribution >= 4 is 18.1 Å². The van der Waals surface area contributed by atoms with E-state index >= 15 is 0 Å². The number of aryl methyl sites for hydroxylation is 1. The monoisotopic (exact) mass is 251 g/mol.